The van der Waals surface area contributed by atoms with Crippen LogP contribution in [-0.4, -0.2) is 16.9 Å². The van der Waals surface area contributed by atoms with Crippen molar-refractivity contribution in [2.75, 3.05) is 0 Å². The largest absolute Gasteiger partial charge is 0.481 e. The van der Waals surface area contributed by atoms with E-state index in [4.69, 9.17) is 5.11 Å². The van der Waals surface area contributed by atoms with Crippen LogP contribution in [0.2, 0.25) is 0 Å². The van der Waals surface area contributed by atoms with Gasteiger partial charge in [-0.2, -0.15) is 0 Å². The molecule has 3 nitrogen and oxygen atoms in total. The van der Waals surface area contributed by atoms with Crippen LogP contribution in [0, 0.1) is 0 Å². The van der Waals surface area contributed by atoms with E-state index in [2.05, 4.69) is 0 Å². The van der Waals surface area contributed by atoms with Crippen molar-refractivity contribution in [3.8, 4) is 0 Å². The van der Waals surface area contributed by atoms with Gasteiger partial charge in [0.05, 0.1) is 6.42 Å². The summed E-state index contributed by atoms with van der Waals surface area (Å²) >= 11 is 0. The highest BCUT2D eigenvalue weighted by Gasteiger charge is 2.07. The van der Waals surface area contributed by atoms with Crippen LogP contribution >= 0.6 is 0 Å². The van der Waals surface area contributed by atoms with Crippen LogP contribution in [0.3, 0.4) is 0 Å². The van der Waals surface area contributed by atoms with Crippen LogP contribution in [0.1, 0.15) is 31.2 Å². The standard InChI is InChI=1S/C8H8O2.C5H8O/c9-8(10)6-7-4-2-1-3-5-7;6-5-3-1-2-4-5/h1-5H,6H2,(H,9,10);1-4H2. The summed E-state index contributed by atoms with van der Waals surface area (Å²) in [6.07, 6.45) is 4.08. The minimum Gasteiger partial charge on any atom is -0.481 e. The van der Waals surface area contributed by atoms with Gasteiger partial charge in [0, 0.05) is 12.8 Å². The maximum Gasteiger partial charge on any atom is 0.307 e. The molecule has 1 N–H and O–H groups in total. The number of carboxylic acid groups (broad SMARTS) is 1. The molecule has 16 heavy (non-hydrogen) atoms. The zero-order chi connectivity index (χ0) is 11.8. The molecule has 1 aromatic carbocycles. The first-order valence-corrected chi connectivity index (χ1v) is 5.46. The Kier molecular flexibility index (Phi) is 5.26. The first-order chi connectivity index (χ1) is 7.68. The maximum absolute atomic E-state index is 10.2. The summed E-state index contributed by atoms with van der Waals surface area (Å²) < 4.78 is 0. The second kappa shape index (κ2) is 6.77. The van der Waals surface area contributed by atoms with Crippen molar-refractivity contribution >= 4 is 11.8 Å². The summed E-state index contributed by atoms with van der Waals surface area (Å²) in [6.45, 7) is 0. The third kappa shape index (κ3) is 5.29. The Bertz CT molecular complexity index is 335. The zero-order valence-corrected chi connectivity index (χ0v) is 9.19. The molecule has 0 amide bonds. The molecule has 0 aromatic heterocycles. The van der Waals surface area contributed by atoms with Gasteiger partial charge < -0.3 is 5.11 Å². The smallest absolute Gasteiger partial charge is 0.307 e. The predicted molar refractivity (Wildman–Crippen MR) is 61.3 cm³/mol. The lowest BCUT2D eigenvalue weighted by Crippen LogP contribution is -1.98. The monoisotopic (exact) mass is 220 g/mol. The second-order valence-corrected chi connectivity index (χ2v) is 3.80. The highest BCUT2D eigenvalue weighted by molar-refractivity contribution is 5.80. The number of rotatable bonds is 2. The third-order valence-corrected chi connectivity index (χ3v) is 2.36. The average Bonchev–Trinajstić information content (AvgIpc) is 2.71. The first-order valence-electron chi connectivity index (χ1n) is 5.46. The molecule has 1 fully saturated rings. The van der Waals surface area contributed by atoms with Crippen molar-refractivity contribution in [2.24, 2.45) is 0 Å². The number of carbonyl (C=O) groups is 2. The van der Waals surface area contributed by atoms with Crippen molar-refractivity contribution in [1.29, 1.82) is 0 Å². The van der Waals surface area contributed by atoms with E-state index in [0.29, 0.717) is 5.78 Å². The fraction of sp³-hybridized carbons (Fsp3) is 0.385. The third-order valence-electron chi connectivity index (χ3n) is 2.36. The van der Waals surface area contributed by atoms with Crippen molar-refractivity contribution in [3.63, 3.8) is 0 Å². The summed E-state index contributed by atoms with van der Waals surface area (Å²) in [5.74, 6) is -0.332. The molecule has 1 aliphatic rings. The summed E-state index contributed by atoms with van der Waals surface area (Å²) in [5, 5.41) is 8.37. The average molecular weight is 220 g/mol. The van der Waals surface area contributed by atoms with E-state index in [1.807, 2.05) is 18.2 Å². The van der Waals surface area contributed by atoms with Gasteiger partial charge in [0.2, 0.25) is 0 Å². The van der Waals surface area contributed by atoms with Gasteiger partial charge in [-0.05, 0) is 18.4 Å². The number of ketones is 1. The Balaban J connectivity index is 0.000000181. The molecule has 1 aliphatic carbocycles. The van der Waals surface area contributed by atoms with Gasteiger partial charge >= 0.3 is 5.97 Å². The van der Waals surface area contributed by atoms with E-state index < -0.39 is 5.97 Å². The molecule has 86 valence electrons. The first kappa shape index (κ1) is 12.4. The molecule has 0 atom stereocenters. The highest BCUT2D eigenvalue weighted by Crippen LogP contribution is 2.11. The number of Topliss-reactive ketones (excluding diaryl/α,β-unsaturated/α-hetero) is 1. The fourth-order valence-corrected chi connectivity index (χ4v) is 1.54. The summed E-state index contributed by atoms with van der Waals surface area (Å²) in [6, 6.07) is 9.13. The zero-order valence-electron chi connectivity index (χ0n) is 9.19. The van der Waals surface area contributed by atoms with Crippen molar-refractivity contribution in [3.05, 3.63) is 35.9 Å². The van der Waals surface area contributed by atoms with Crippen molar-refractivity contribution in [2.45, 2.75) is 32.1 Å². The van der Waals surface area contributed by atoms with Gasteiger partial charge in [-0.15, -0.1) is 0 Å². The van der Waals surface area contributed by atoms with E-state index in [1.54, 1.807) is 12.1 Å². The number of benzene rings is 1. The van der Waals surface area contributed by atoms with Crippen LogP contribution < -0.4 is 0 Å². The molecule has 1 saturated carbocycles. The number of hydrogen-bond donors (Lipinski definition) is 1. The summed E-state index contributed by atoms with van der Waals surface area (Å²) in [5.41, 5.74) is 0.843. The van der Waals surface area contributed by atoms with Crippen LogP contribution in [0.25, 0.3) is 0 Å². The van der Waals surface area contributed by atoms with Gasteiger partial charge in [-0.25, -0.2) is 0 Å². The lowest BCUT2D eigenvalue weighted by Gasteiger charge is -1.92. The topological polar surface area (TPSA) is 54.4 Å². The SMILES string of the molecule is O=C(O)Cc1ccccc1.O=C1CCCC1. The van der Waals surface area contributed by atoms with Gasteiger partial charge in [-0.1, -0.05) is 30.3 Å². The molecule has 0 spiro atoms. The number of carbonyl (C=O) groups excluding carboxylic acids is 1. The fourth-order valence-electron chi connectivity index (χ4n) is 1.54. The quantitative estimate of drug-likeness (QED) is 0.832. The molecule has 3 heteroatoms. The summed E-state index contributed by atoms with van der Waals surface area (Å²) in [4.78, 5) is 20.4. The van der Waals surface area contributed by atoms with E-state index in [1.165, 1.54) is 0 Å². The molecule has 0 radical (unpaired) electrons. The van der Waals surface area contributed by atoms with E-state index in [0.717, 1.165) is 31.2 Å². The molecule has 0 heterocycles. The van der Waals surface area contributed by atoms with Crippen LogP contribution in [-0.2, 0) is 16.0 Å². The Morgan fingerprint density at radius 3 is 2.06 bits per heavy atom. The van der Waals surface area contributed by atoms with Gasteiger partial charge in [0.1, 0.15) is 5.78 Å². The number of hydrogen-bond acceptors (Lipinski definition) is 2. The van der Waals surface area contributed by atoms with Crippen LogP contribution in [0.4, 0.5) is 0 Å². The highest BCUT2D eigenvalue weighted by atomic mass is 16.4. The minimum atomic E-state index is -0.786. The lowest BCUT2D eigenvalue weighted by atomic mass is 10.2. The Hall–Kier alpha value is -1.64. The predicted octanol–water partition coefficient (Wildman–Crippen LogP) is 2.44. The Labute approximate surface area is 95.1 Å². The second-order valence-electron chi connectivity index (χ2n) is 3.80. The molecule has 0 aliphatic heterocycles. The Morgan fingerprint density at radius 1 is 1.12 bits per heavy atom. The van der Waals surface area contributed by atoms with Crippen LogP contribution in [0.5, 0.6) is 0 Å². The van der Waals surface area contributed by atoms with Crippen molar-refractivity contribution in [1.82, 2.24) is 0 Å². The number of carboxylic acids is 1. The normalized spacial score (nSPS) is 14.1. The van der Waals surface area contributed by atoms with Gasteiger partial charge in [0.15, 0.2) is 0 Å². The van der Waals surface area contributed by atoms with Gasteiger partial charge in [0.25, 0.3) is 0 Å². The van der Waals surface area contributed by atoms with E-state index in [-0.39, 0.29) is 6.42 Å². The minimum absolute atomic E-state index is 0.112. The molecular formula is C13H16O3. The molecule has 0 unspecified atom stereocenters. The number of aliphatic carboxylic acids is 1. The molecule has 1 aromatic rings. The maximum atomic E-state index is 10.2. The molecule has 0 saturated heterocycles. The lowest BCUT2D eigenvalue weighted by molar-refractivity contribution is -0.136. The van der Waals surface area contributed by atoms with Crippen molar-refractivity contribution < 1.29 is 14.7 Å². The molecule has 2 rings (SSSR count). The molecular weight excluding hydrogens is 204 g/mol. The summed E-state index contributed by atoms with van der Waals surface area (Å²) in [7, 11) is 0. The van der Waals surface area contributed by atoms with E-state index >= 15 is 0 Å². The van der Waals surface area contributed by atoms with Gasteiger partial charge in [-0.3, -0.25) is 9.59 Å². The Morgan fingerprint density at radius 2 is 1.69 bits per heavy atom. The molecule has 0 bridgehead atoms. The van der Waals surface area contributed by atoms with Crippen LogP contribution in [0.15, 0.2) is 30.3 Å². The van der Waals surface area contributed by atoms with E-state index in [9.17, 15) is 9.59 Å².